The van der Waals surface area contributed by atoms with Crippen molar-refractivity contribution in [2.75, 3.05) is 6.61 Å². The maximum atomic E-state index is 11.7. The van der Waals surface area contributed by atoms with Crippen LogP contribution in [0.25, 0.3) is 0 Å². The molecule has 0 atom stereocenters. The Balaban J connectivity index is 6.08. The van der Waals surface area contributed by atoms with Crippen molar-refractivity contribution in [3.63, 3.8) is 0 Å². The summed E-state index contributed by atoms with van der Waals surface area (Å²) in [5.41, 5.74) is -1.78. The smallest absolute Gasteiger partial charge is 0.333 e. The molecule has 0 aliphatic rings. The minimum absolute atomic E-state index is 0.783. The topological polar surface area (TPSA) is 105 Å². The van der Waals surface area contributed by atoms with E-state index in [1.807, 2.05) is 0 Å². The molecule has 25 heavy (non-hydrogen) atoms. The fourth-order valence-corrected chi connectivity index (χ4v) is 1.50. The second kappa shape index (κ2) is 9.21. The zero-order valence-corrected chi connectivity index (χ0v) is 14.1. The van der Waals surface area contributed by atoms with E-state index >= 15 is 0 Å². The number of carbonyl (C=O) groups excluding carboxylic acids is 4. The van der Waals surface area contributed by atoms with Crippen molar-refractivity contribution in [2.24, 2.45) is 0 Å². The van der Waals surface area contributed by atoms with E-state index in [2.05, 4.69) is 26.3 Å². The van der Waals surface area contributed by atoms with Crippen molar-refractivity contribution in [3.05, 3.63) is 50.6 Å². The molecule has 0 amide bonds. The van der Waals surface area contributed by atoms with E-state index in [-0.39, 0.29) is 0 Å². The van der Waals surface area contributed by atoms with Crippen LogP contribution in [-0.4, -0.2) is 41.9 Å². The number of hydrogen-bond donors (Lipinski definition) is 0. The summed E-state index contributed by atoms with van der Waals surface area (Å²) < 4.78 is 20.2. The highest BCUT2D eigenvalue weighted by Crippen LogP contribution is 2.33. The number of ether oxygens (including phenoxy) is 4. The molecule has 0 radical (unpaired) electrons. The summed E-state index contributed by atoms with van der Waals surface area (Å²) in [4.78, 5) is 46.5. The second-order valence-corrected chi connectivity index (χ2v) is 4.95. The van der Waals surface area contributed by atoms with Gasteiger partial charge in [0.2, 0.25) is 0 Å². The van der Waals surface area contributed by atoms with Crippen LogP contribution in [0, 0.1) is 0 Å². The summed E-state index contributed by atoms with van der Waals surface area (Å²) in [6.45, 7) is 14.7. The van der Waals surface area contributed by atoms with Crippen LogP contribution in [0.3, 0.4) is 0 Å². The molecular weight excluding hydrogens is 332 g/mol. The number of hydrogen-bond acceptors (Lipinski definition) is 8. The first kappa shape index (κ1) is 21.8. The molecule has 0 saturated heterocycles. The van der Waals surface area contributed by atoms with Gasteiger partial charge in [0.05, 0.1) is 0 Å². The predicted molar refractivity (Wildman–Crippen MR) is 86.8 cm³/mol. The molecule has 0 N–H and O–H groups in total. The van der Waals surface area contributed by atoms with Crippen molar-refractivity contribution in [3.8, 4) is 0 Å². The molecule has 0 heterocycles. The predicted octanol–water partition coefficient (Wildman–Crippen LogP) is 1.38. The van der Waals surface area contributed by atoms with Gasteiger partial charge in [-0.2, -0.15) is 0 Å². The molecular formula is C17H20O8. The Labute approximate surface area is 145 Å². The van der Waals surface area contributed by atoms with Crippen LogP contribution >= 0.6 is 0 Å². The van der Waals surface area contributed by atoms with Crippen LogP contribution in [-0.2, 0) is 38.1 Å². The van der Waals surface area contributed by atoms with Crippen LogP contribution in [0.1, 0.15) is 13.8 Å². The van der Waals surface area contributed by atoms with Gasteiger partial charge in [0, 0.05) is 24.3 Å². The van der Waals surface area contributed by atoms with Crippen molar-refractivity contribution in [1.82, 2.24) is 0 Å². The van der Waals surface area contributed by atoms with Crippen LogP contribution in [0.4, 0.5) is 0 Å². The van der Waals surface area contributed by atoms with Gasteiger partial charge in [-0.05, 0) is 13.8 Å². The van der Waals surface area contributed by atoms with Crippen LogP contribution in [0.15, 0.2) is 50.6 Å². The minimum atomic E-state index is -2.32. The molecule has 0 aromatic carbocycles. The SMILES string of the molecule is C=CC(=O)OCC(OC(=O)C=C)(OC(=O)C=C)C(C)(C)OC(=O)C=C. The van der Waals surface area contributed by atoms with Gasteiger partial charge in [-0.25, -0.2) is 19.2 Å². The van der Waals surface area contributed by atoms with Gasteiger partial charge in [0.15, 0.2) is 12.2 Å². The van der Waals surface area contributed by atoms with Crippen LogP contribution in [0.5, 0.6) is 0 Å². The first-order valence-corrected chi connectivity index (χ1v) is 6.93. The summed E-state index contributed by atoms with van der Waals surface area (Å²) in [5.74, 6) is -6.14. The van der Waals surface area contributed by atoms with Crippen LogP contribution < -0.4 is 0 Å². The Hall–Kier alpha value is -3.16. The maximum absolute atomic E-state index is 11.7. The van der Waals surface area contributed by atoms with Crippen molar-refractivity contribution in [2.45, 2.75) is 25.2 Å². The van der Waals surface area contributed by atoms with Gasteiger partial charge in [0.25, 0.3) is 0 Å². The largest absolute Gasteiger partial charge is 0.454 e. The van der Waals surface area contributed by atoms with E-state index in [9.17, 15) is 19.2 Å². The average molecular weight is 352 g/mol. The number of rotatable bonds is 10. The van der Waals surface area contributed by atoms with Gasteiger partial charge >= 0.3 is 29.7 Å². The van der Waals surface area contributed by atoms with E-state index in [1.165, 1.54) is 13.8 Å². The Morgan fingerprint density at radius 1 is 0.720 bits per heavy atom. The Morgan fingerprint density at radius 2 is 1.08 bits per heavy atom. The van der Waals surface area contributed by atoms with Gasteiger partial charge in [-0.3, -0.25) is 0 Å². The molecule has 0 unspecified atom stereocenters. The minimum Gasteiger partial charge on any atom is -0.454 e. The quantitative estimate of drug-likeness (QED) is 0.251. The fraction of sp³-hybridized carbons (Fsp3) is 0.294. The molecule has 8 heteroatoms. The van der Waals surface area contributed by atoms with Crippen LogP contribution in [0.2, 0.25) is 0 Å². The molecule has 0 aromatic heterocycles. The summed E-state index contributed by atoms with van der Waals surface area (Å²) in [5, 5.41) is 0. The molecule has 136 valence electrons. The molecule has 0 bridgehead atoms. The highest BCUT2D eigenvalue weighted by molar-refractivity contribution is 5.85. The van der Waals surface area contributed by atoms with E-state index in [0.717, 1.165) is 24.3 Å². The van der Waals surface area contributed by atoms with Crippen molar-refractivity contribution < 1.29 is 38.1 Å². The summed E-state index contributed by atoms with van der Waals surface area (Å²) in [6.07, 6.45) is 3.28. The molecule has 0 aliphatic carbocycles. The van der Waals surface area contributed by atoms with E-state index in [1.54, 1.807) is 0 Å². The molecule has 0 aliphatic heterocycles. The standard InChI is InChI=1S/C17H20O8/c1-7-12(18)22-11-17(24-14(20)9-3,25-15(21)10-4)16(5,6)23-13(19)8-2/h7-10H,1-4,11H2,5-6H3. The lowest BCUT2D eigenvalue weighted by atomic mass is 9.97. The van der Waals surface area contributed by atoms with Crippen molar-refractivity contribution >= 4 is 23.9 Å². The highest BCUT2D eigenvalue weighted by Gasteiger charge is 2.56. The Bertz CT molecular complexity index is 578. The Morgan fingerprint density at radius 3 is 1.44 bits per heavy atom. The number of esters is 4. The molecule has 0 fully saturated rings. The first-order chi connectivity index (χ1) is 11.6. The monoisotopic (exact) mass is 352 g/mol. The van der Waals surface area contributed by atoms with Gasteiger partial charge in [0.1, 0.15) is 0 Å². The third-order valence-corrected chi connectivity index (χ3v) is 2.88. The first-order valence-electron chi connectivity index (χ1n) is 6.93. The molecule has 8 nitrogen and oxygen atoms in total. The highest BCUT2D eigenvalue weighted by atomic mass is 16.8. The zero-order valence-electron chi connectivity index (χ0n) is 14.1. The average Bonchev–Trinajstić information content (AvgIpc) is 2.57. The maximum Gasteiger partial charge on any atom is 0.333 e. The zero-order chi connectivity index (χ0) is 19.7. The Kier molecular flexibility index (Phi) is 8.05. The molecule has 0 spiro atoms. The van der Waals surface area contributed by atoms with E-state index < -0.39 is 41.9 Å². The summed E-state index contributed by atoms with van der Waals surface area (Å²) >= 11 is 0. The third kappa shape index (κ3) is 6.09. The number of carbonyl (C=O) groups is 4. The van der Waals surface area contributed by atoms with Crippen molar-refractivity contribution in [1.29, 1.82) is 0 Å². The molecule has 0 aromatic rings. The summed E-state index contributed by atoms with van der Waals surface area (Å²) in [7, 11) is 0. The van der Waals surface area contributed by atoms with E-state index in [0.29, 0.717) is 0 Å². The fourth-order valence-electron chi connectivity index (χ4n) is 1.50. The lowest BCUT2D eigenvalue weighted by Gasteiger charge is -2.42. The molecule has 0 rings (SSSR count). The summed E-state index contributed by atoms with van der Waals surface area (Å²) in [6, 6.07) is 0. The van der Waals surface area contributed by atoms with Gasteiger partial charge < -0.3 is 18.9 Å². The lowest BCUT2D eigenvalue weighted by Crippen LogP contribution is -2.61. The van der Waals surface area contributed by atoms with Gasteiger partial charge in [-0.1, -0.05) is 26.3 Å². The third-order valence-electron chi connectivity index (χ3n) is 2.88. The van der Waals surface area contributed by atoms with Gasteiger partial charge in [-0.15, -0.1) is 0 Å². The van der Waals surface area contributed by atoms with E-state index in [4.69, 9.17) is 18.9 Å². The lowest BCUT2D eigenvalue weighted by molar-refractivity contribution is -0.297. The second-order valence-electron chi connectivity index (χ2n) is 4.95. The molecule has 0 saturated carbocycles. The normalized spacial score (nSPS) is 10.6.